The summed E-state index contributed by atoms with van der Waals surface area (Å²) >= 11 is 0. The van der Waals surface area contributed by atoms with Gasteiger partial charge in [-0.25, -0.2) is 9.97 Å². The molecule has 3 aromatic rings. The van der Waals surface area contributed by atoms with Crippen LogP contribution in [0.25, 0.3) is 22.3 Å². The third-order valence-electron chi connectivity index (χ3n) is 2.88. The maximum absolute atomic E-state index is 5.86. The van der Waals surface area contributed by atoms with Crippen LogP contribution in [-0.4, -0.2) is 27.6 Å². The second-order valence-electron chi connectivity index (χ2n) is 4.09. The molecule has 0 saturated heterocycles. The van der Waals surface area contributed by atoms with Gasteiger partial charge in [-0.2, -0.15) is 5.10 Å². The summed E-state index contributed by atoms with van der Waals surface area (Å²) in [5.41, 5.74) is 20.1. The molecule has 0 fully saturated rings. The van der Waals surface area contributed by atoms with E-state index in [0.29, 0.717) is 33.9 Å². The number of benzene rings is 1. The third kappa shape index (κ3) is 1.65. The fraction of sp³-hybridized carbons (Fsp3) is 0. The number of nitrogens with zero attached hydrogens (tertiary/aromatic N) is 4. The topological polar surface area (TPSA) is 122 Å². The number of hydrogen-bond acceptors (Lipinski definition) is 6. The fourth-order valence-electron chi connectivity index (χ4n) is 1.92. The molecular formula is C11H10BN7. The summed E-state index contributed by atoms with van der Waals surface area (Å²) in [7, 11) is 5.75. The lowest BCUT2D eigenvalue weighted by atomic mass is 10.1. The van der Waals surface area contributed by atoms with E-state index in [4.69, 9.17) is 25.2 Å². The highest BCUT2D eigenvalue weighted by atomic mass is 15.3. The van der Waals surface area contributed by atoms with Crippen LogP contribution in [-0.2, 0) is 0 Å². The Hall–Kier alpha value is -2.77. The summed E-state index contributed by atoms with van der Waals surface area (Å²) < 4.78 is 1.16. The Kier molecular flexibility index (Phi) is 2.31. The normalized spacial score (nSPS) is 10.9. The molecule has 2 radical (unpaired) electrons. The van der Waals surface area contributed by atoms with Crippen LogP contribution in [0.4, 0.5) is 17.2 Å². The minimum Gasteiger partial charge on any atom is -0.397 e. The van der Waals surface area contributed by atoms with Crippen molar-refractivity contribution in [2.45, 2.75) is 0 Å². The summed E-state index contributed by atoms with van der Waals surface area (Å²) in [6.07, 6.45) is 1.34. The summed E-state index contributed by atoms with van der Waals surface area (Å²) in [4.78, 5) is 8.00. The predicted octanol–water partition coefficient (Wildman–Crippen LogP) is 0.171. The first-order valence-electron chi connectivity index (χ1n) is 5.47. The Bertz CT molecular complexity index is 780. The average molecular weight is 251 g/mol. The van der Waals surface area contributed by atoms with Crippen molar-refractivity contribution in [1.82, 2.24) is 19.7 Å². The van der Waals surface area contributed by atoms with E-state index < -0.39 is 0 Å². The lowest BCUT2D eigenvalue weighted by Crippen LogP contribution is -1.96. The van der Waals surface area contributed by atoms with Gasteiger partial charge in [-0.1, -0.05) is 6.07 Å². The molecule has 0 aliphatic carbocycles. The number of anilines is 3. The van der Waals surface area contributed by atoms with E-state index in [1.807, 2.05) is 0 Å². The molecule has 0 aliphatic heterocycles. The van der Waals surface area contributed by atoms with Gasteiger partial charge in [-0.3, -0.25) is 0 Å². The largest absolute Gasteiger partial charge is 0.397 e. The number of nitrogens with two attached hydrogens (primary N) is 3. The van der Waals surface area contributed by atoms with E-state index in [1.165, 1.54) is 6.33 Å². The van der Waals surface area contributed by atoms with Crippen molar-refractivity contribution in [2.24, 2.45) is 0 Å². The molecule has 2 aromatic heterocycles. The van der Waals surface area contributed by atoms with Crippen molar-refractivity contribution in [3.63, 3.8) is 0 Å². The molecule has 0 amide bonds. The second kappa shape index (κ2) is 3.87. The van der Waals surface area contributed by atoms with Gasteiger partial charge in [-0.15, -0.1) is 0 Å². The van der Waals surface area contributed by atoms with Crippen LogP contribution in [0.2, 0.25) is 0 Å². The summed E-state index contributed by atoms with van der Waals surface area (Å²) in [5, 5.41) is 4.80. The van der Waals surface area contributed by atoms with E-state index in [2.05, 4.69) is 15.1 Å². The first kappa shape index (κ1) is 11.3. The fourth-order valence-corrected chi connectivity index (χ4v) is 1.92. The molecule has 0 unspecified atom stereocenters. The molecule has 3 rings (SSSR count). The quantitative estimate of drug-likeness (QED) is 0.418. The lowest BCUT2D eigenvalue weighted by Gasteiger charge is -2.03. The van der Waals surface area contributed by atoms with Crippen molar-refractivity contribution in [2.75, 3.05) is 17.2 Å². The Morgan fingerprint density at radius 2 is 1.84 bits per heavy atom. The Labute approximate surface area is 109 Å². The van der Waals surface area contributed by atoms with Crippen molar-refractivity contribution >= 4 is 36.2 Å². The van der Waals surface area contributed by atoms with E-state index in [0.717, 1.165) is 10.2 Å². The van der Waals surface area contributed by atoms with Gasteiger partial charge in [0.05, 0.1) is 16.8 Å². The summed E-state index contributed by atoms with van der Waals surface area (Å²) in [6, 6.07) is 5.20. The van der Waals surface area contributed by atoms with Gasteiger partial charge in [-0.05, 0) is 12.1 Å². The molecule has 92 valence electrons. The third-order valence-corrected chi connectivity index (χ3v) is 2.88. The average Bonchev–Trinajstić information content (AvgIpc) is 2.72. The zero-order valence-electron chi connectivity index (χ0n) is 9.91. The molecule has 2 heterocycles. The van der Waals surface area contributed by atoms with Crippen molar-refractivity contribution in [3.05, 3.63) is 24.5 Å². The summed E-state index contributed by atoms with van der Waals surface area (Å²) in [6.45, 7) is 0. The monoisotopic (exact) mass is 251 g/mol. The van der Waals surface area contributed by atoms with Crippen molar-refractivity contribution < 1.29 is 0 Å². The SMILES string of the molecule is [B]n1nc(-c2ccc(N)c(N)c2)c2c(N)ncnc21. The second-order valence-corrected chi connectivity index (χ2v) is 4.09. The van der Waals surface area contributed by atoms with Gasteiger partial charge >= 0.3 is 0 Å². The minimum atomic E-state index is 0.312. The van der Waals surface area contributed by atoms with Crippen LogP contribution < -0.4 is 17.2 Å². The van der Waals surface area contributed by atoms with Crippen LogP contribution in [0.5, 0.6) is 0 Å². The number of fused-ring (bicyclic) bond motifs is 1. The van der Waals surface area contributed by atoms with Gasteiger partial charge in [0.25, 0.3) is 7.98 Å². The molecule has 0 aliphatic rings. The maximum Gasteiger partial charge on any atom is 0.267 e. The molecule has 6 N–H and O–H groups in total. The number of rotatable bonds is 1. The Balaban J connectivity index is 2.33. The first-order valence-corrected chi connectivity index (χ1v) is 5.47. The highest BCUT2D eigenvalue weighted by molar-refractivity contribution is 6.13. The van der Waals surface area contributed by atoms with Gasteiger partial charge in [0.1, 0.15) is 23.5 Å². The molecular weight excluding hydrogens is 241 g/mol. The van der Waals surface area contributed by atoms with Crippen LogP contribution in [0.3, 0.4) is 0 Å². The van der Waals surface area contributed by atoms with Crippen molar-refractivity contribution in [1.29, 1.82) is 0 Å². The zero-order chi connectivity index (χ0) is 13.6. The number of aromatic nitrogens is 4. The van der Waals surface area contributed by atoms with Crippen LogP contribution in [0.15, 0.2) is 24.5 Å². The highest BCUT2D eigenvalue weighted by Gasteiger charge is 2.15. The highest BCUT2D eigenvalue weighted by Crippen LogP contribution is 2.31. The van der Waals surface area contributed by atoms with Gasteiger partial charge in [0.2, 0.25) is 0 Å². The van der Waals surface area contributed by atoms with Crippen LogP contribution in [0.1, 0.15) is 0 Å². The first-order chi connectivity index (χ1) is 9.08. The molecule has 0 bridgehead atoms. The van der Waals surface area contributed by atoms with E-state index in [9.17, 15) is 0 Å². The standard InChI is InChI=1S/C11H10BN7/c12-19-11-8(10(15)16-4-17-11)9(18-19)5-1-2-6(13)7(14)3-5/h1-4H,13-14H2,(H2,15,16,17). The summed E-state index contributed by atoms with van der Waals surface area (Å²) in [5.74, 6) is 0.312. The predicted molar refractivity (Wildman–Crippen MR) is 75.1 cm³/mol. The maximum atomic E-state index is 5.86. The van der Waals surface area contributed by atoms with E-state index in [1.54, 1.807) is 18.2 Å². The number of hydrogen-bond donors (Lipinski definition) is 3. The van der Waals surface area contributed by atoms with Crippen molar-refractivity contribution in [3.8, 4) is 11.3 Å². The minimum absolute atomic E-state index is 0.312. The molecule has 7 nitrogen and oxygen atoms in total. The molecule has 0 atom stereocenters. The van der Waals surface area contributed by atoms with E-state index >= 15 is 0 Å². The van der Waals surface area contributed by atoms with Crippen LogP contribution >= 0.6 is 0 Å². The molecule has 0 spiro atoms. The molecule has 19 heavy (non-hydrogen) atoms. The van der Waals surface area contributed by atoms with Gasteiger partial charge < -0.3 is 21.8 Å². The van der Waals surface area contributed by atoms with Crippen LogP contribution in [0, 0.1) is 0 Å². The molecule has 1 aromatic carbocycles. The Morgan fingerprint density at radius 1 is 1.05 bits per heavy atom. The van der Waals surface area contributed by atoms with Gasteiger partial charge in [0.15, 0.2) is 0 Å². The van der Waals surface area contributed by atoms with E-state index in [-0.39, 0.29) is 0 Å². The lowest BCUT2D eigenvalue weighted by molar-refractivity contribution is 1.00. The zero-order valence-corrected chi connectivity index (χ0v) is 9.91. The smallest absolute Gasteiger partial charge is 0.267 e. The molecule has 8 heteroatoms. The molecule has 0 saturated carbocycles. The number of nitrogen functional groups attached to an aromatic ring is 3. The van der Waals surface area contributed by atoms with Gasteiger partial charge in [0, 0.05) is 5.56 Å². The Morgan fingerprint density at radius 3 is 2.58 bits per heavy atom.